The molecule has 2 aromatic rings. The first-order valence-electron chi connectivity index (χ1n) is 8.69. The van der Waals surface area contributed by atoms with Crippen molar-refractivity contribution < 1.29 is 4.74 Å². The van der Waals surface area contributed by atoms with Gasteiger partial charge >= 0.3 is 0 Å². The fourth-order valence-corrected chi connectivity index (χ4v) is 3.96. The zero-order chi connectivity index (χ0) is 15.6. The van der Waals surface area contributed by atoms with Gasteiger partial charge in [0.15, 0.2) is 0 Å². The molecule has 4 rings (SSSR count). The molecule has 2 aliphatic rings. The maximum atomic E-state index is 5.48. The molecular weight excluding hydrogens is 286 g/mol. The number of pyridine rings is 1. The Labute approximate surface area is 138 Å². The van der Waals surface area contributed by atoms with E-state index in [1.807, 2.05) is 0 Å². The van der Waals surface area contributed by atoms with E-state index in [0.717, 1.165) is 44.1 Å². The number of benzene rings is 1. The number of likely N-dealkylation sites (tertiary alicyclic amines) is 1. The van der Waals surface area contributed by atoms with Crippen LogP contribution in [0.25, 0.3) is 10.9 Å². The summed E-state index contributed by atoms with van der Waals surface area (Å²) in [7, 11) is 0. The highest BCUT2D eigenvalue weighted by Gasteiger charge is 2.28. The molecule has 23 heavy (non-hydrogen) atoms. The number of nitrogens with zero attached hydrogens (tertiary/aromatic N) is 3. The fraction of sp³-hybridized carbons (Fsp3) is 0.526. The van der Waals surface area contributed by atoms with Crippen LogP contribution in [-0.2, 0) is 11.3 Å². The van der Waals surface area contributed by atoms with Gasteiger partial charge in [0.2, 0.25) is 0 Å². The molecule has 0 spiro atoms. The van der Waals surface area contributed by atoms with Crippen LogP contribution in [0.2, 0.25) is 0 Å². The molecule has 122 valence electrons. The third kappa shape index (κ3) is 3.25. The van der Waals surface area contributed by atoms with Crippen LogP contribution in [0.4, 0.5) is 0 Å². The molecule has 0 bridgehead atoms. The van der Waals surface area contributed by atoms with Crippen LogP contribution < -0.4 is 0 Å². The molecule has 0 aliphatic carbocycles. The second-order valence-electron chi connectivity index (χ2n) is 6.77. The van der Waals surface area contributed by atoms with E-state index in [1.165, 1.54) is 30.5 Å². The number of fused-ring (bicyclic) bond motifs is 1. The molecule has 0 saturated carbocycles. The van der Waals surface area contributed by atoms with E-state index in [9.17, 15) is 0 Å². The summed E-state index contributed by atoms with van der Waals surface area (Å²) in [4.78, 5) is 9.87. The van der Waals surface area contributed by atoms with Gasteiger partial charge in [0.05, 0.1) is 18.7 Å². The molecule has 2 fully saturated rings. The Bertz CT molecular complexity index is 681. The highest BCUT2D eigenvalue weighted by atomic mass is 16.5. The van der Waals surface area contributed by atoms with Gasteiger partial charge in [-0.1, -0.05) is 18.2 Å². The lowest BCUT2D eigenvalue weighted by molar-refractivity contribution is 0.0184. The Hall–Kier alpha value is -1.49. The van der Waals surface area contributed by atoms with Crippen LogP contribution in [0.5, 0.6) is 0 Å². The molecule has 4 nitrogen and oxygen atoms in total. The SMILES string of the molecule is Cc1cc(CN2CCC(N3CCOCC3)C2)c2ccccc2n1. The van der Waals surface area contributed by atoms with Crippen LogP contribution in [0, 0.1) is 6.92 Å². The number of hydrogen-bond acceptors (Lipinski definition) is 4. The summed E-state index contributed by atoms with van der Waals surface area (Å²) in [5, 5.41) is 1.30. The molecule has 0 radical (unpaired) electrons. The monoisotopic (exact) mass is 311 g/mol. The first-order chi connectivity index (χ1) is 11.3. The highest BCUT2D eigenvalue weighted by Crippen LogP contribution is 2.23. The van der Waals surface area contributed by atoms with Crippen molar-refractivity contribution >= 4 is 10.9 Å². The molecule has 2 saturated heterocycles. The first kappa shape index (κ1) is 15.1. The van der Waals surface area contributed by atoms with Crippen molar-refractivity contribution in [1.29, 1.82) is 0 Å². The van der Waals surface area contributed by atoms with Crippen LogP contribution in [-0.4, -0.2) is 60.2 Å². The quantitative estimate of drug-likeness (QED) is 0.870. The first-order valence-corrected chi connectivity index (χ1v) is 8.69. The minimum absolute atomic E-state index is 0.702. The number of aryl methyl sites for hydroxylation is 1. The van der Waals surface area contributed by atoms with Gasteiger partial charge in [0.25, 0.3) is 0 Å². The van der Waals surface area contributed by atoms with E-state index in [1.54, 1.807) is 0 Å². The average Bonchev–Trinajstić information content (AvgIpc) is 3.04. The van der Waals surface area contributed by atoms with Crippen LogP contribution in [0.15, 0.2) is 30.3 Å². The molecule has 3 heterocycles. The lowest BCUT2D eigenvalue weighted by Crippen LogP contribution is -2.44. The van der Waals surface area contributed by atoms with Gasteiger partial charge in [-0.05, 0) is 31.0 Å². The van der Waals surface area contributed by atoms with Crippen molar-refractivity contribution in [3.05, 3.63) is 41.6 Å². The van der Waals surface area contributed by atoms with Gasteiger partial charge in [-0.25, -0.2) is 0 Å². The largest absolute Gasteiger partial charge is 0.379 e. The Morgan fingerprint density at radius 3 is 2.87 bits per heavy atom. The minimum atomic E-state index is 0.702. The van der Waals surface area contributed by atoms with Crippen molar-refractivity contribution in [2.45, 2.75) is 25.9 Å². The lowest BCUT2D eigenvalue weighted by Gasteiger charge is -2.32. The van der Waals surface area contributed by atoms with Crippen LogP contribution in [0.1, 0.15) is 17.7 Å². The average molecular weight is 311 g/mol. The van der Waals surface area contributed by atoms with E-state index in [4.69, 9.17) is 4.74 Å². The molecule has 1 aromatic heterocycles. The predicted octanol–water partition coefficient (Wildman–Crippen LogP) is 2.45. The molecule has 1 unspecified atom stereocenters. The van der Waals surface area contributed by atoms with Gasteiger partial charge in [-0.15, -0.1) is 0 Å². The summed E-state index contributed by atoms with van der Waals surface area (Å²) in [5.41, 5.74) is 3.64. The number of para-hydroxylation sites is 1. The normalized spacial score (nSPS) is 23.6. The van der Waals surface area contributed by atoms with E-state index >= 15 is 0 Å². The third-order valence-electron chi connectivity index (χ3n) is 5.13. The summed E-state index contributed by atoms with van der Waals surface area (Å²) in [6.45, 7) is 9.47. The van der Waals surface area contributed by atoms with Crippen molar-refractivity contribution in [3.8, 4) is 0 Å². The maximum absolute atomic E-state index is 5.48. The van der Waals surface area contributed by atoms with E-state index in [0.29, 0.717) is 6.04 Å². The molecule has 1 atom stereocenters. The Morgan fingerprint density at radius 1 is 1.17 bits per heavy atom. The summed E-state index contributed by atoms with van der Waals surface area (Å²) < 4.78 is 5.48. The van der Waals surface area contributed by atoms with Crippen molar-refractivity contribution in [1.82, 2.24) is 14.8 Å². The molecular formula is C19H25N3O. The number of rotatable bonds is 3. The van der Waals surface area contributed by atoms with Gasteiger partial charge in [-0.2, -0.15) is 0 Å². The lowest BCUT2D eigenvalue weighted by atomic mass is 10.1. The van der Waals surface area contributed by atoms with Crippen LogP contribution in [0.3, 0.4) is 0 Å². The van der Waals surface area contributed by atoms with Gasteiger partial charge < -0.3 is 4.74 Å². The molecule has 4 heteroatoms. The maximum Gasteiger partial charge on any atom is 0.0708 e. The Balaban J connectivity index is 1.48. The second-order valence-corrected chi connectivity index (χ2v) is 6.77. The standard InChI is InChI=1S/C19H25N3O/c1-15-12-16(18-4-2-3-5-19(18)20-15)13-21-7-6-17(14-21)22-8-10-23-11-9-22/h2-5,12,17H,6-11,13-14H2,1H3. The summed E-state index contributed by atoms with van der Waals surface area (Å²) in [6, 6.07) is 11.5. The molecule has 2 aliphatic heterocycles. The van der Waals surface area contributed by atoms with Gasteiger partial charge in [0, 0.05) is 49.8 Å². The zero-order valence-electron chi connectivity index (χ0n) is 13.9. The summed E-state index contributed by atoms with van der Waals surface area (Å²) in [6.07, 6.45) is 1.28. The Morgan fingerprint density at radius 2 is 2.00 bits per heavy atom. The highest BCUT2D eigenvalue weighted by molar-refractivity contribution is 5.82. The van der Waals surface area contributed by atoms with E-state index in [-0.39, 0.29) is 0 Å². The smallest absolute Gasteiger partial charge is 0.0708 e. The summed E-state index contributed by atoms with van der Waals surface area (Å²) in [5.74, 6) is 0. The summed E-state index contributed by atoms with van der Waals surface area (Å²) >= 11 is 0. The zero-order valence-corrected chi connectivity index (χ0v) is 13.9. The topological polar surface area (TPSA) is 28.6 Å². The minimum Gasteiger partial charge on any atom is -0.379 e. The van der Waals surface area contributed by atoms with Crippen molar-refractivity contribution in [2.24, 2.45) is 0 Å². The Kier molecular flexibility index (Phi) is 4.29. The molecule has 0 amide bonds. The molecule has 0 N–H and O–H groups in total. The predicted molar refractivity (Wildman–Crippen MR) is 92.6 cm³/mol. The van der Waals surface area contributed by atoms with E-state index < -0.39 is 0 Å². The number of aromatic nitrogens is 1. The second kappa shape index (κ2) is 6.56. The molecule has 1 aromatic carbocycles. The van der Waals surface area contributed by atoms with Crippen molar-refractivity contribution in [2.75, 3.05) is 39.4 Å². The number of morpholine rings is 1. The van der Waals surface area contributed by atoms with Gasteiger partial charge in [-0.3, -0.25) is 14.8 Å². The number of ether oxygens (including phenoxy) is 1. The third-order valence-corrected chi connectivity index (χ3v) is 5.13. The van der Waals surface area contributed by atoms with Gasteiger partial charge in [0.1, 0.15) is 0 Å². The van der Waals surface area contributed by atoms with Crippen molar-refractivity contribution in [3.63, 3.8) is 0 Å². The fourth-order valence-electron chi connectivity index (χ4n) is 3.96. The van der Waals surface area contributed by atoms with E-state index in [2.05, 4.69) is 52.0 Å². The van der Waals surface area contributed by atoms with Crippen LogP contribution >= 0.6 is 0 Å². The number of hydrogen-bond donors (Lipinski definition) is 0.